The molecule has 2 rings (SSSR count). The number of nitrogens with zero attached hydrogens (tertiary/aromatic N) is 2. The fourth-order valence-electron chi connectivity index (χ4n) is 1.59. The van der Waals surface area contributed by atoms with Crippen molar-refractivity contribution in [2.75, 3.05) is 5.43 Å². The molecule has 1 aromatic heterocycles. The Balaban J connectivity index is 2.16. The molecule has 0 saturated carbocycles. The van der Waals surface area contributed by atoms with E-state index in [1.807, 2.05) is 32.0 Å². The number of aromatic nitrogens is 3. The summed E-state index contributed by atoms with van der Waals surface area (Å²) in [6.07, 6.45) is 1.69. The molecule has 19 heavy (non-hydrogen) atoms. The summed E-state index contributed by atoms with van der Waals surface area (Å²) < 4.78 is 7.89. The van der Waals surface area contributed by atoms with Crippen molar-refractivity contribution in [1.82, 2.24) is 14.9 Å². The zero-order valence-corrected chi connectivity index (χ0v) is 12.3. The van der Waals surface area contributed by atoms with Crippen LogP contribution in [0.15, 0.2) is 24.5 Å². The molecule has 2 aromatic rings. The quantitative estimate of drug-likeness (QED) is 0.833. The van der Waals surface area contributed by atoms with Crippen molar-refractivity contribution in [2.24, 2.45) is 0 Å². The fourth-order valence-corrected chi connectivity index (χ4v) is 1.95. The zero-order chi connectivity index (χ0) is 13.8. The van der Waals surface area contributed by atoms with Gasteiger partial charge in [-0.1, -0.05) is 11.6 Å². The Labute approximate surface area is 121 Å². The smallest absolute Gasteiger partial charge is 0.214 e. The first-order chi connectivity index (χ1) is 9.06. The molecule has 7 heteroatoms. The van der Waals surface area contributed by atoms with Crippen molar-refractivity contribution in [3.05, 3.63) is 39.9 Å². The Hall–Kier alpha value is -1.53. The molecule has 0 saturated heterocycles. The van der Waals surface area contributed by atoms with Crippen molar-refractivity contribution in [2.45, 2.75) is 26.5 Å². The Morgan fingerprint density at radius 2 is 2.32 bits per heavy atom. The average Bonchev–Trinajstić information content (AvgIpc) is 2.75. The van der Waals surface area contributed by atoms with Crippen molar-refractivity contribution in [3.63, 3.8) is 0 Å². The Morgan fingerprint density at radius 1 is 1.53 bits per heavy atom. The van der Waals surface area contributed by atoms with E-state index in [9.17, 15) is 0 Å². The molecule has 0 aliphatic heterocycles. The van der Waals surface area contributed by atoms with Gasteiger partial charge in [-0.2, -0.15) is 5.10 Å². The minimum Gasteiger partial charge on any atom is -0.491 e. The van der Waals surface area contributed by atoms with E-state index >= 15 is 0 Å². The van der Waals surface area contributed by atoms with Gasteiger partial charge in [0.25, 0.3) is 0 Å². The minimum atomic E-state index is 0.107. The van der Waals surface area contributed by atoms with Crippen LogP contribution < -0.4 is 10.2 Å². The number of hydrogen-bond acceptors (Lipinski definition) is 4. The van der Waals surface area contributed by atoms with Gasteiger partial charge in [0.2, 0.25) is 4.77 Å². The third kappa shape index (κ3) is 3.71. The molecule has 0 atom stereocenters. The standard InChI is InChI=1S/C12H15ClN4OS/c1-8(2)18-11-4-3-10(13)5-9(11)6-15-17-7-14-16-12(17)19/h3-5,7-8,15H,6H2,1-2H3,(H,16,19). The average molecular weight is 299 g/mol. The largest absolute Gasteiger partial charge is 0.491 e. The SMILES string of the molecule is CC(C)Oc1ccc(Cl)cc1CNn1cn[nH]c1=S. The highest BCUT2D eigenvalue weighted by Gasteiger charge is 2.07. The van der Waals surface area contributed by atoms with Crippen molar-refractivity contribution >= 4 is 23.8 Å². The lowest BCUT2D eigenvalue weighted by atomic mass is 10.2. The predicted molar refractivity (Wildman–Crippen MR) is 77.7 cm³/mol. The van der Waals surface area contributed by atoms with Crippen LogP contribution in [-0.4, -0.2) is 21.0 Å². The van der Waals surface area contributed by atoms with Crippen molar-refractivity contribution < 1.29 is 4.74 Å². The molecule has 0 spiro atoms. The topological polar surface area (TPSA) is 54.9 Å². The van der Waals surface area contributed by atoms with Crippen molar-refractivity contribution in [1.29, 1.82) is 0 Å². The molecule has 0 aliphatic rings. The summed E-state index contributed by atoms with van der Waals surface area (Å²) in [5, 5.41) is 7.18. The predicted octanol–water partition coefficient (Wildman–Crippen LogP) is 3.12. The first-order valence-electron chi connectivity index (χ1n) is 5.87. The highest BCUT2D eigenvalue weighted by Crippen LogP contribution is 2.24. The highest BCUT2D eigenvalue weighted by molar-refractivity contribution is 7.71. The molecule has 2 N–H and O–H groups in total. The number of halogens is 1. The van der Waals surface area contributed by atoms with Crippen LogP contribution in [0.1, 0.15) is 19.4 Å². The summed E-state index contributed by atoms with van der Waals surface area (Å²) in [7, 11) is 0. The third-order valence-electron chi connectivity index (χ3n) is 2.38. The van der Waals surface area contributed by atoms with E-state index in [1.165, 1.54) is 0 Å². The molecule has 0 unspecified atom stereocenters. The molecule has 1 heterocycles. The summed E-state index contributed by atoms with van der Waals surface area (Å²) in [6.45, 7) is 4.51. The van der Waals surface area contributed by atoms with E-state index in [2.05, 4.69) is 15.6 Å². The second-order valence-electron chi connectivity index (χ2n) is 4.29. The number of nitrogens with one attached hydrogen (secondary N) is 2. The van der Waals surface area contributed by atoms with E-state index in [0.717, 1.165) is 11.3 Å². The maximum Gasteiger partial charge on any atom is 0.214 e. The van der Waals surface area contributed by atoms with Gasteiger partial charge in [-0.25, -0.2) is 4.68 Å². The van der Waals surface area contributed by atoms with Crippen LogP contribution in [0.5, 0.6) is 5.75 Å². The van der Waals surface area contributed by atoms with E-state index in [-0.39, 0.29) is 6.10 Å². The van der Waals surface area contributed by atoms with Gasteiger partial charge in [-0.15, -0.1) is 0 Å². The van der Waals surface area contributed by atoms with Gasteiger partial charge in [0.05, 0.1) is 12.6 Å². The van der Waals surface area contributed by atoms with Crippen LogP contribution in [0, 0.1) is 4.77 Å². The maximum absolute atomic E-state index is 6.02. The normalized spacial score (nSPS) is 10.7. The summed E-state index contributed by atoms with van der Waals surface area (Å²) in [5.74, 6) is 0.807. The van der Waals surface area contributed by atoms with E-state index in [4.69, 9.17) is 28.6 Å². The van der Waals surface area contributed by atoms with Crippen LogP contribution in [0.3, 0.4) is 0 Å². The number of rotatable bonds is 5. The second-order valence-corrected chi connectivity index (χ2v) is 5.11. The third-order valence-corrected chi connectivity index (χ3v) is 2.90. The Morgan fingerprint density at radius 3 is 2.95 bits per heavy atom. The lowest BCUT2D eigenvalue weighted by Crippen LogP contribution is -2.15. The first kappa shape index (κ1) is 13.9. The number of ether oxygens (including phenoxy) is 1. The number of benzene rings is 1. The number of H-pyrrole nitrogens is 1. The van der Waals surface area contributed by atoms with E-state index in [1.54, 1.807) is 11.0 Å². The lowest BCUT2D eigenvalue weighted by molar-refractivity contribution is 0.240. The highest BCUT2D eigenvalue weighted by atomic mass is 35.5. The molecule has 102 valence electrons. The summed E-state index contributed by atoms with van der Waals surface area (Å²) in [6, 6.07) is 5.55. The van der Waals surface area contributed by atoms with Crippen LogP contribution in [0.2, 0.25) is 5.02 Å². The molecule has 0 amide bonds. The Bertz CT molecular complexity index is 608. The minimum absolute atomic E-state index is 0.107. The molecule has 5 nitrogen and oxygen atoms in total. The summed E-state index contributed by atoms with van der Waals surface area (Å²) in [4.78, 5) is 0. The van der Waals surface area contributed by atoms with Gasteiger partial charge in [-0.3, -0.25) is 5.10 Å². The van der Waals surface area contributed by atoms with Crippen LogP contribution in [0.25, 0.3) is 0 Å². The van der Waals surface area contributed by atoms with Gasteiger partial charge in [0.15, 0.2) is 0 Å². The maximum atomic E-state index is 6.02. The summed E-state index contributed by atoms with van der Waals surface area (Å²) >= 11 is 11.1. The first-order valence-corrected chi connectivity index (χ1v) is 6.66. The van der Waals surface area contributed by atoms with Crippen molar-refractivity contribution in [3.8, 4) is 5.75 Å². The van der Waals surface area contributed by atoms with Crippen LogP contribution >= 0.6 is 23.8 Å². The molecule has 0 bridgehead atoms. The number of hydrogen-bond donors (Lipinski definition) is 2. The van der Waals surface area contributed by atoms with Gasteiger partial charge in [0, 0.05) is 10.6 Å². The van der Waals surface area contributed by atoms with Gasteiger partial charge < -0.3 is 10.2 Å². The lowest BCUT2D eigenvalue weighted by Gasteiger charge is -2.15. The fraction of sp³-hybridized carbons (Fsp3) is 0.333. The molecule has 1 aromatic carbocycles. The Kier molecular flexibility index (Phi) is 4.44. The molecular weight excluding hydrogens is 284 g/mol. The van der Waals surface area contributed by atoms with Crippen LogP contribution in [0.4, 0.5) is 0 Å². The zero-order valence-electron chi connectivity index (χ0n) is 10.7. The van der Waals surface area contributed by atoms with Gasteiger partial charge in [0.1, 0.15) is 12.1 Å². The second kappa shape index (κ2) is 6.08. The van der Waals surface area contributed by atoms with E-state index < -0.39 is 0 Å². The summed E-state index contributed by atoms with van der Waals surface area (Å²) in [5.41, 5.74) is 4.09. The molecule has 0 radical (unpaired) electrons. The van der Waals surface area contributed by atoms with E-state index in [0.29, 0.717) is 16.3 Å². The monoisotopic (exact) mass is 298 g/mol. The molecular formula is C12H15ClN4OS. The number of aromatic amines is 1. The van der Waals surface area contributed by atoms with Crippen LogP contribution in [-0.2, 0) is 6.54 Å². The van der Waals surface area contributed by atoms with Gasteiger partial charge >= 0.3 is 0 Å². The molecule has 0 aliphatic carbocycles. The molecule has 0 fully saturated rings. The van der Waals surface area contributed by atoms with Gasteiger partial charge in [-0.05, 0) is 44.3 Å².